The highest BCUT2D eigenvalue weighted by Gasteiger charge is 2.43. The molecule has 8 heteroatoms. The third-order valence-electron chi connectivity index (χ3n) is 4.95. The molecule has 0 saturated carbocycles. The van der Waals surface area contributed by atoms with Gasteiger partial charge in [0, 0.05) is 43.0 Å². The van der Waals surface area contributed by atoms with Gasteiger partial charge in [0.15, 0.2) is 0 Å². The Morgan fingerprint density at radius 2 is 2.12 bits per heavy atom. The summed E-state index contributed by atoms with van der Waals surface area (Å²) in [7, 11) is -3.46. The summed E-state index contributed by atoms with van der Waals surface area (Å²) >= 11 is 1.66. The molecule has 4 rings (SSSR count). The minimum Gasteiger partial charge on any atom is -0.376 e. The van der Waals surface area contributed by atoms with Gasteiger partial charge in [-0.3, -0.25) is 4.90 Å². The molecule has 1 aromatic heterocycles. The Hall–Kier alpha value is -1.32. The number of nitrogens with one attached hydrogen (secondary N) is 1. The van der Waals surface area contributed by atoms with Gasteiger partial charge in [-0.25, -0.2) is 18.1 Å². The van der Waals surface area contributed by atoms with E-state index >= 15 is 0 Å². The van der Waals surface area contributed by atoms with Gasteiger partial charge >= 0.3 is 0 Å². The van der Waals surface area contributed by atoms with E-state index in [0.29, 0.717) is 24.0 Å². The van der Waals surface area contributed by atoms with Crippen LogP contribution in [0.2, 0.25) is 0 Å². The second-order valence-corrected chi connectivity index (χ2v) is 9.33. The SMILES string of the molecule is O=S(=O)(NC[C@@H]1CO[C@@H]2CN(Cc3nccs3)C[C@H]12)c1ccccc1. The van der Waals surface area contributed by atoms with Crippen molar-refractivity contribution in [3.8, 4) is 0 Å². The molecule has 0 radical (unpaired) electrons. The molecule has 2 aliphatic heterocycles. The van der Waals surface area contributed by atoms with Crippen LogP contribution >= 0.6 is 11.3 Å². The molecule has 0 spiro atoms. The molecule has 0 unspecified atom stereocenters. The fourth-order valence-electron chi connectivity index (χ4n) is 3.64. The number of ether oxygens (including phenoxy) is 1. The Bertz CT molecular complexity index is 796. The molecule has 2 saturated heterocycles. The van der Waals surface area contributed by atoms with E-state index in [1.54, 1.807) is 35.6 Å². The van der Waals surface area contributed by atoms with E-state index in [1.807, 2.05) is 17.6 Å². The van der Waals surface area contributed by atoms with Crippen molar-refractivity contribution in [2.75, 3.05) is 26.2 Å². The van der Waals surface area contributed by atoms with Crippen LogP contribution in [0.5, 0.6) is 0 Å². The summed E-state index contributed by atoms with van der Waals surface area (Å²) in [6.07, 6.45) is 2.03. The molecule has 1 N–H and O–H groups in total. The quantitative estimate of drug-likeness (QED) is 0.825. The van der Waals surface area contributed by atoms with Crippen LogP contribution < -0.4 is 4.72 Å². The Morgan fingerprint density at radius 1 is 1.28 bits per heavy atom. The highest BCUT2D eigenvalue weighted by atomic mass is 32.2. The predicted molar refractivity (Wildman–Crippen MR) is 95.7 cm³/mol. The van der Waals surface area contributed by atoms with Gasteiger partial charge in [0.05, 0.1) is 24.2 Å². The first kappa shape index (κ1) is 17.1. The van der Waals surface area contributed by atoms with Gasteiger partial charge in [0.2, 0.25) is 10.0 Å². The summed E-state index contributed by atoms with van der Waals surface area (Å²) in [5.41, 5.74) is 0. The first-order valence-electron chi connectivity index (χ1n) is 8.39. The third-order valence-corrected chi connectivity index (χ3v) is 7.15. The van der Waals surface area contributed by atoms with Crippen molar-refractivity contribution in [2.45, 2.75) is 17.5 Å². The fourth-order valence-corrected chi connectivity index (χ4v) is 5.41. The van der Waals surface area contributed by atoms with Crippen molar-refractivity contribution in [3.63, 3.8) is 0 Å². The minimum atomic E-state index is -3.46. The van der Waals surface area contributed by atoms with Crippen molar-refractivity contribution in [1.29, 1.82) is 0 Å². The molecule has 2 fully saturated rings. The molecule has 3 heterocycles. The maximum Gasteiger partial charge on any atom is 0.240 e. The monoisotopic (exact) mass is 379 g/mol. The first-order chi connectivity index (χ1) is 12.1. The Balaban J connectivity index is 1.35. The molecule has 0 aliphatic carbocycles. The molecule has 134 valence electrons. The highest BCUT2D eigenvalue weighted by molar-refractivity contribution is 7.89. The number of likely N-dealkylation sites (tertiary alicyclic amines) is 1. The van der Waals surface area contributed by atoms with Crippen LogP contribution in [0.25, 0.3) is 0 Å². The summed E-state index contributed by atoms with van der Waals surface area (Å²) in [4.78, 5) is 7.00. The number of hydrogen-bond acceptors (Lipinski definition) is 6. The summed E-state index contributed by atoms with van der Waals surface area (Å²) in [6.45, 7) is 3.71. The van der Waals surface area contributed by atoms with Crippen molar-refractivity contribution in [3.05, 3.63) is 46.9 Å². The zero-order valence-electron chi connectivity index (χ0n) is 13.7. The molecule has 6 nitrogen and oxygen atoms in total. The van der Waals surface area contributed by atoms with Crippen molar-refractivity contribution in [2.24, 2.45) is 11.8 Å². The number of nitrogens with zero attached hydrogens (tertiary/aromatic N) is 2. The van der Waals surface area contributed by atoms with Gasteiger partial charge in [-0.1, -0.05) is 18.2 Å². The van der Waals surface area contributed by atoms with Crippen LogP contribution in [-0.2, 0) is 21.3 Å². The smallest absolute Gasteiger partial charge is 0.240 e. The van der Waals surface area contributed by atoms with Gasteiger partial charge in [-0.05, 0) is 12.1 Å². The lowest BCUT2D eigenvalue weighted by molar-refractivity contribution is 0.0942. The molecular formula is C17H21N3O3S2. The second kappa shape index (κ2) is 7.13. The van der Waals surface area contributed by atoms with Gasteiger partial charge in [0.1, 0.15) is 5.01 Å². The second-order valence-electron chi connectivity index (χ2n) is 6.58. The van der Waals surface area contributed by atoms with Crippen molar-refractivity contribution < 1.29 is 13.2 Å². The van der Waals surface area contributed by atoms with E-state index in [0.717, 1.165) is 24.6 Å². The topological polar surface area (TPSA) is 71.5 Å². The number of thiazole rings is 1. The minimum absolute atomic E-state index is 0.200. The van der Waals surface area contributed by atoms with Gasteiger partial charge in [-0.15, -0.1) is 11.3 Å². The molecule has 0 amide bonds. The van der Waals surface area contributed by atoms with Crippen LogP contribution in [0, 0.1) is 11.8 Å². The summed E-state index contributed by atoms with van der Waals surface area (Å²) in [6, 6.07) is 8.50. The molecule has 0 bridgehead atoms. The fraction of sp³-hybridized carbons (Fsp3) is 0.471. The Kier molecular flexibility index (Phi) is 4.88. The highest BCUT2D eigenvalue weighted by Crippen LogP contribution is 2.34. The third kappa shape index (κ3) is 3.78. The van der Waals surface area contributed by atoms with Crippen molar-refractivity contribution >= 4 is 21.4 Å². The predicted octanol–water partition coefficient (Wildman–Crippen LogP) is 1.57. The Morgan fingerprint density at radius 3 is 2.88 bits per heavy atom. The number of aromatic nitrogens is 1. The van der Waals surface area contributed by atoms with Gasteiger partial charge in [0.25, 0.3) is 0 Å². The van der Waals surface area contributed by atoms with Crippen LogP contribution in [0.3, 0.4) is 0 Å². The lowest BCUT2D eigenvalue weighted by atomic mass is 9.93. The number of fused-ring (bicyclic) bond motifs is 1. The normalized spacial score (nSPS) is 26.8. The van der Waals surface area contributed by atoms with E-state index in [9.17, 15) is 8.42 Å². The first-order valence-corrected chi connectivity index (χ1v) is 10.7. The van der Waals surface area contributed by atoms with Crippen LogP contribution in [0.4, 0.5) is 0 Å². The van der Waals surface area contributed by atoms with E-state index in [1.165, 1.54) is 0 Å². The van der Waals surface area contributed by atoms with Crippen molar-refractivity contribution in [1.82, 2.24) is 14.6 Å². The number of benzene rings is 1. The lowest BCUT2D eigenvalue weighted by Gasteiger charge is -2.19. The Labute approximate surface area is 151 Å². The molecule has 3 atom stereocenters. The number of rotatable bonds is 6. The van der Waals surface area contributed by atoms with E-state index in [4.69, 9.17) is 4.74 Å². The molecule has 2 aliphatic rings. The molecule has 1 aromatic carbocycles. The summed E-state index contributed by atoms with van der Waals surface area (Å²) < 4.78 is 33.4. The molecule has 25 heavy (non-hydrogen) atoms. The average molecular weight is 380 g/mol. The molecule has 2 aromatic rings. The standard InChI is InChI=1S/C17H21N3O3S2/c21-25(22,14-4-2-1-3-5-14)19-8-13-12-23-16-10-20(9-15(13)16)11-17-18-6-7-24-17/h1-7,13,15-16,19H,8-12H2/t13-,15-,16-/m1/s1. The van der Waals surface area contributed by atoms with Crippen LogP contribution in [0.1, 0.15) is 5.01 Å². The number of hydrogen-bond donors (Lipinski definition) is 1. The largest absolute Gasteiger partial charge is 0.376 e. The van der Waals surface area contributed by atoms with E-state index < -0.39 is 10.0 Å². The maximum atomic E-state index is 12.4. The average Bonchev–Trinajstić information content (AvgIpc) is 3.32. The van der Waals surface area contributed by atoms with Crippen LogP contribution in [-0.4, -0.2) is 50.6 Å². The maximum absolute atomic E-state index is 12.4. The lowest BCUT2D eigenvalue weighted by Crippen LogP contribution is -2.34. The van der Waals surface area contributed by atoms with Gasteiger partial charge in [-0.2, -0.15) is 0 Å². The zero-order valence-corrected chi connectivity index (χ0v) is 15.4. The van der Waals surface area contributed by atoms with E-state index in [2.05, 4.69) is 14.6 Å². The van der Waals surface area contributed by atoms with Crippen LogP contribution in [0.15, 0.2) is 46.8 Å². The zero-order chi connectivity index (χ0) is 17.3. The summed E-state index contributed by atoms with van der Waals surface area (Å²) in [5, 5.41) is 3.10. The van der Waals surface area contributed by atoms with Gasteiger partial charge < -0.3 is 4.74 Å². The molecular weight excluding hydrogens is 358 g/mol. The number of sulfonamides is 1. The van der Waals surface area contributed by atoms with E-state index in [-0.39, 0.29) is 12.0 Å². The summed E-state index contributed by atoms with van der Waals surface area (Å²) in [5.74, 6) is 0.586.